The van der Waals surface area contributed by atoms with E-state index in [-0.39, 0.29) is 17.6 Å². The Morgan fingerprint density at radius 2 is 1.90 bits per heavy atom. The van der Waals surface area contributed by atoms with Gasteiger partial charge in [-0.2, -0.15) is 0 Å². The molecule has 0 aromatic heterocycles. The number of benzene rings is 1. The van der Waals surface area contributed by atoms with Crippen molar-refractivity contribution in [3.05, 3.63) is 35.4 Å². The zero-order valence-corrected chi connectivity index (χ0v) is 12.5. The molecule has 1 aliphatic carbocycles. The van der Waals surface area contributed by atoms with E-state index in [0.29, 0.717) is 17.7 Å². The van der Waals surface area contributed by atoms with Gasteiger partial charge in [0.25, 0.3) is 5.90 Å². The van der Waals surface area contributed by atoms with Gasteiger partial charge in [0, 0.05) is 11.5 Å². The van der Waals surface area contributed by atoms with Gasteiger partial charge in [-0.1, -0.05) is 44.4 Å². The predicted octanol–water partition coefficient (Wildman–Crippen LogP) is 4.01. The Labute approximate surface area is 125 Å². The summed E-state index contributed by atoms with van der Waals surface area (Å²) < 4.78 is 5.45. The molecular formula is C17H23NO3. The van der Waals surface area contributed by atoms with Crippen LogP contribution in [0.2, 0.25) is 0 Å². The minimum absolute atomic E-state index is 0.0889. The first-order valence-corrected chi connectivity index (χ1v) is 7.76. The van der Waals surface area contributed by atoms with E-state index in [1.807, 2.05) is 19.1 Å². The molecule has 0 spiro atoms. The first kappa shape index (κ1) is 15.5. The lowest BCUT2D eigenvalue weighted by molar-refractivity contribution is 0.0889. The van der Waals surface area contributed by atoms with Gasteiger partial charge in [0.1, 0.15) is 0 Å². The van der Waals surface area contributed by atoms with E-state index in [4.69, 9.17) is 4.74 Å². The van der Waals surface area contributed by atoms with Gasteiger partial charge in [0.15, 0.2) is 5.78 Å². The SMILES string of the molecule is CCCOC(=NO)c1ccccc1C(=O)C1CCCCC1. The first-order valence-electron chi connectivity index (χ1n) is 7.76. The third kappa shape index (κ3) is 3.84. The fourth-order valence-corrected chi connectivity index (χ4v) is 2.83. The molecule has 0 unspecified atom stereocenters. The molecule has 0 aliphatic heterocycles. The fraction of sp³-hybridized carbons (Fsp3) is 0.529. The van der Waals surface area contributed by atoms with Gasteiger partial charge in [-0.15, -0.1) is 0 Å². The Bertz CT molecular complexity index is 505. The van der Waals surface area contributed by atoms with E-state index in [0.717, 1.165) is 32.1 Å². The molecule has 0 amide bonds. The highest BCUT2D eigenvalue weighted by Crippen LogP contribution is 2.28. The Morgan fingerprint density at radius 1 is 1.24 bits per heavy atom. The number of carbonyl (C=O) groups excluding carboxylic acids is 1. The number of oxime groups is 1. The quantitative estimate of drug-likeness (QED) is 0.293. The number of Topliss-reactive ketones (excluding diaryl/α,β-unsaturated/α-hetero) is 1. The predicted molar refractivity (Wildman–Crippen MR) is 81.9 cm³/mol. The van der Waals surface area contributed by atoms with Gasteiger partial charge in [0.2, 0.25) is 0 Å². The zero-order chi connectivity index (χ0) is 15.1. The molecule has 4 heteroatoms. The molecule has 1 aromatic carbocycles. The molecule has 1 fully saturated rings. The summed E-state index contributed by atoms with van der Waals surface area (Å²) in [6, 6.07) is 7.25. The number of ether oxygens (including phenoxy) is 1. The number of nitrogens with zero attached hydrogens (tertiary/aromatic N) is 1. The van der Waals surface area contributed by atoms with E-state index in [2.05, 4.69) is 5.16 Å². The van der Waals surface area contributed by atoms with Gasteiger partial charge in [-0.25, -0.2) is 0 Å². The van der Waals surface area contributed by atoms with Crippen LogP contribution in [0.25, 0.3) is 0 Å². The van der Waals surface area contributed by atoms with Crippen molar-refractivity contribution >= 4 is 11.7 Å². The molecule has 114 valence electrons. The topological polar surface area (TPSA) is 58.9 Å². The minimum atomic E-state index is 0.0889. The Morgan fingerprint density at radius 3 is 2.52 bits per heavy atom. The highest BCUT2D eigenvalue weighted by molar-refractivity contribution is 6.08. The summed E-state index contributed by atoms with van der Waals surface area (Å²) in [5, 5.41) is 12.4. The maximum absolute atomic E-state index is 12.7. The van der Waals surface area contributed by atoms with Crippen LogP contribution in [0.5, 0.6) is 0 Å². The second-order valence-corrected chi connectivity index (χ2v) is 5.50. The van der Waals surface area contributed by atoms with Gasteiger partial charge in [-0.3, -0.25) is 4.79 Å². The number of hydrogen-bond donors (Lipinski definition) is 1. The van der Waals surface area contributed by atoms with Crippen LogP contribution in [0, 0.1) is 5.92 Å². The highest BCUT2D eigenvalue weighted by Gasteiger charge is 2.25. The summed E-state index contributed by atoms with van der Waals surface area (Å²) in [4.78, 5) is 12.7. The number of ketones is 1. The van der Waals surface area contributed by atoms with Crippen LogP contribution in [0.1, 0.15) is 61.4 Å². The van der Waals surface area contributed by atoms with E-state index >= 15 is 0 Å². The van der Waals surface area contributed by atoms with Gasteiger partial charge >= 0.3 is 0 Å². The molecule has 0 atom stereocenters. The largest absolute Gasteiger partial charge is 0.475 e. The van der Waals surface area contributed by atoms with Crippen LogP contribution >= 0.6 is 0 Å². The number of carbonyl (C=O) groups is 1. The second-order valence-electron chi connectivity index (χ2n) is 5.50. The number of rotatable bonds is 5. The van der Waals surface area contributed by atoms with E-state index in [1.165, 1.54) is 6.42 Å². The van der Waals surface area contributed by atoms with Crippen LogP contribution in [-0.2, 0) is 4.74 Å². The van der Waals surface area contributed by atoms with Crippen molar-refractivity contribution in [3.8, 4) is 0 Å². The van der Waals surface area contributed by atoms with Crippen molar-refractivity contribution in [1.29, 1.82) is 0 Å². The van der Waals surface area contributed by atoms with Crippen molar-refractivity contribution < 1.29 is 14.7 Å². The Balaban J connectivity index is 2.25. The van der Waals surface area contributed by atoms with Gasteiger partial charge in [-0.05, 0) is 30.5 Å². The lowest BCUT2D eigenvalue weighted by atomic mass is 9.83. The molecule has 0 bridgehead atoms. The summed E-state index contributed by atoms with van der Waals surface area (Å²) >= 11 is 0. The van der Waals surface area contributed by atoms with Crippen molar-refractivity contribution in [2.75, 3.05) is 6.61 Å². The minimum Gasteiger partial charge on any atom is -0.475 e. The normalized spacial score (nSPS) is 16.7. The summed E-state index contributed by atoms with van der Waals surface area (Å²) in [6.45, 7) is 2.44. The van der Waals surface area contributed by atoms with Crippen molar-refractivity contribution in [1.82, 2.24) is 0 Å². The standard InChI is InChI=1S/C17H23NO3/c1-2-12-21-17(18-20)15-11-7-6-10-14(15)16(19)13-8-4-3-5-9-13/h6-7,10-11,13,20H,2-5,8-9,12H2,1H3. The molecule has 21 heavy (non-hydrogen) atoms. The Kier molecular flexibility index (Phi) is 5.78. The van der Waals surface area contributed by atoms with E-state index in [9.17, 15) is 10.0 Å². The highest BCUT2D eigenvalue weighted by atomic mass is 16.5. The zero-order valence-electron chi connectivity index (χ0n) is 12.5. The third-order valence-electron chi connectivity index (χ3n) is 3.93. The maximum Gasteiger partial charge on any atom is 0.258 e. The summed E-state index contributed by atoms with van der Waals surface area (Å²) in [5.74, 6) is 0.370. The molecule has 4 nitrogen and oxygen atoms in total. The monoisotopic (exact) mass is 289 g/mol. The second kappa shape index (κ2) is 7.81. The van der Waals surface area contributed by atoms with Gasteiger partial charge in [0.05, 0.1) is 12.2 Å². The van der Waals surface area contributed by atoms with Crippen molar-refractivity contribution in [3.63, 3.8) is 0 Å². The summed E-state index contributed by atoms with van der Waals surface area (Å²) in [6.07, 6.45) is 6.17. The first-order chi connectivity index (χ1) is 10.3. The maximum atomic E-state index is 12.7. The van der Waals surface area contributed by atoms with Crippen LogP contribution in [-0.4, -0.2) is 23.5 Å². The van der Waals surface area contributed by atoms with Crippen LogP contribution < -0.4 is 0 Å². The van der Waals surface area contributed by atoms with Crippen molar-refractivity contribution in [2.24, 2.45) is 11.1 Å². The molecule has 0 saturated heterocycles. The average molecular weight is 289 g/mol. The molecule has 1 aliphatic rings. The van der Waals surface area contributed by atoms with Crippen LogP contribution in [0.3, 0.4) is 0 Å². The molecule has 0 radical (unpaired) electrons. The van der Waals surface area contributed by atoms with Crippen LogP contribution in [0.4, 0.5) is 0 Å². The van der Waals surface area contributed by atoms with Gasteiger partial charge < -0.3 is 9.94 Å². The molecule has 0 heterocycles. The third-order valence-corrected chi connectivity index (χ3v) is 3.93. The fourth-order valence-electron chi connectivity index (χ4n) is 2.83. The summed E-state index contributed by atoms with van der Waals surface area (Å²) in [5.41, 5.74) is 1.19. The lowest BCUT2D eigenvalue weighted by Crippen LogP contribution is -2.21. The van der Waals surface area contributed by atoms with E-state index in [1.54, 1.807) is 12.1 Å². The number of hydrogen-bond acceptors (Lipinski definition) is 4. The smallest absolute Gasteiger partial charge is 0.258 e. The molecule has 2 rings (SSSR count). The molecule has 1 aromatic rings. The Hall–Kier alpha value is -1.84. The van der Waals surface area contributed by atoms with Crippen molar-refractivity contribution in [2.45, 2.75) is 45.4 Å². The van der Waals surface area contributed by atoms with E-state index < -0.39 is 0 Å². The average Bonchev–Trinajstić information content (AvgIpc) is 2.56. The lowest BCUT2D eigenvalue weighted by Gasteiger charge is -2.21. The molecule has 1 N–H and O–H groups in total. The van der Waals surface area contributed by atoms with Crippen LogP contribution in [0.15, 0.2) is 29.4 Å². The summed E-state index contributed by atoms with van der Waals surface area (Å²) in [7, 11) is 0. The molecular weight excluding hydrogens is 266 g/mol. The molecule has 1 saturated carbocycles.